The molecule has 29 heavy (non-hydrogen) atoms. The number of amides is 2. The van der Waals surface area contributed by atoms with Gasteiger partial charge in [0.2, 0.25) is 11.7 Å². The van der Waals surface area contributed by atoms with Gasteiger partial charge in [-0.15, -0.1) is 0 Å². The van der Waals surface area contributed by atoms with Crippen LogP contribution in [0.3, 0.4) is 0 Å². The van der Waals surface area contributed by atoms with Gasteiger partial charge in [0, 0.05) is 17.8 Å². The number of nitrogens with zero attached hydrogens (tertiary/aromatic N) is 1. The molecule has 2 rings (SSSR count). The van der Waals surface area contributed by atoms with Gasteiger partial charge >= 0.3 is 0 Å². The summed E-state index contributed by atoms with van der Waals surface area (Å²) in [5, 5.41) is 5.44. The number of anilines is 1. The number of nitrogens with one attached hydrogen (secondary N) is 2. The van der Waals surface area contributed by atoms with Gasteiger partial charge in [-0.2, -0.15) is 0 Å². The minimum atomic E-state index is -0.430. The second-order valence-electron chi connectivity index (χ2n) is 6.54. The Hall–Kier alpha value is -3.26. The van der Waals surface area contributed by atoms with E-state index < -0.39 is 5.91 Å². The molecule has 0 saturated heterocycles. The van der Waals surface area contributed by atoms with Crippen molar-refractivity contribution in [3.63, 3.8) is 0 Å². The highest BCUT2D eigenvalue weighted by Gasteiger charge is 2.17. The zero-order chi connectivity index (χ0) is 21.4. The molecule has 0 aliphatic rings. The van der Waals surface area contributed by atoms with Crippen molar-refractivity contribution in [1.82, 2.24) is 10.2 Å². The molecular formula is C21H27N3O5. The normalized spacial score (nSPS) is 10.4. The number of carbonyl (C=O) groups excluding carboxylic acids is 2. The van der Waals surface area contributed by atoms with Gasteiger partial charge in [-0.1, -0.05) is 18.2 Å². The first-order valence-electron chi connectivity index (χ1n) is 9.00. The lowest BCUT2D eigenvalue weighted by molar-refractivity contribution is -0.115. The minimum absolute atomic E-state index is 0.175. The van der Waals surface area contributed by atoms with Gasteiger partial charge in [-0.3, -0.25) is 9.59 Å². The average Bonchev–Trinajstić information content (AvgIpc) is 2.71. The largest absolute Gasteiger partial charge is 0.493 e. The fraction of sp³-hybridized carbons (Fsp3) is 0.333. The highest BCUT2D eigenvalue weighted by molar-refractivity contribution is 6.00. The van der Waals surface area contributed by atoms with Crippen LogP contribution in [0.2, 0.25) is 0 Å². The van der Waals surface area contributed by atoms with Crippen LogP contribution in [0.25, 0.3) is 0 Å². The predicted molar refractivity (Wildman–Crippen MR) is 111 cm³/mol. The summed E-state index contributed by atoms with van der Waals surface area (Å²) in [7, 11) is 8.33. The van der Waals surface area contributed by atoms with Crippen molar-refractivity contribution in [2.45, 2.75) is 6.54 Å². The first-order chi connectivity index (χ1) is 13.9. The summed E-state index contributed by atoms with van der Waals surface area (Å²) in [4.78, 5) is 26.8. The van der Waals surface area contributed by atoms with Crippen molar-refractivity contribution in [3.05, 3.63) is 47.5 Å². The van der Waals surface area contributed by atoms with E-state index in [1.165, 1.54) is 33.5 Å². The Kier molecular flexibility index (Phi) is 7.85. The van der Waals surface area contributed by atoms with E-state index in [1.54, 1.807) is 0 Å². The Bertz CT molecular complexity index is 842. The lowest BCUT2D eigenvalue weighted by atomic mass is 10.1. The van der Waals surface area contributed by atoms with E-state index in [2.05, 4.69) is 10.6 Å². The third-order valence-electron chi connectivity index (χ3n) is 4.11. The molecule has 0 radical (unpaired) electrons. The SMILES string of the molecule is COc1cc(C(=O)NCC(=O)Nc2ccccc2CN(C)C)cc(OC)c1OC. The number of para-hydroxylation sites is 1. The third kappa shape index (κ3) is 5.86. The predicted octanol–water partition coefficient (Wildman–Crippen LogP) is 2.14. The molecule has 0 spiro atoms. The van der Waals surface area contributed by atoms with Crippen LogP contribution in [0.5, 0.6) is 17.2 Å². The van der Waals surface area contributed by atoms with Gasteiger partial charge in [0.25, 0.3) is 5.91 Å². The summed E-state index contributed by atoms with van der Waals surface area (Å²) in [5.74, 6) is 0.359. The van der Waals surface area contributed by atoms with Crippen LogP contribution in [-0.4, -0.2) is 58.7 Å². The van der Waals surface area contributed by atoms with E-state index in [9.17, 15) is 9.59 Å². The Morgan fingerprint density at radius 3 is 2.14 bits per heavy atom. The van der Waals surface area contributed by atoms with Crippen molar-refractivity contribution in [2.24, 2.45) is 0 Å². The summed E-state index contributed by atoms with van der Waals surface area (Å²) < 4.78 is 15.7. The van der Waals surface area contributed by atoms with Crippen molar-refractivity contribution in [2.75, 3.05) is 47.3 Å². The molecule has 0 aliphatic carbocycles. The second-order valence-corrected chi connectivity index (χ2v) is 6.54. The monoisotopic (exact) mass is 401 g/mol. The van der Waals surface area contributed by atoms with Gasteiger partial charge in [0.05, 0.1) is 27.9 Å². The smallest absolute Gasteiger partial charge is 0.251 e. The van der Waals surface area contributed by atoms with E-state index in [0.29, 0.717) is 35.0 Å². The van der Waals surface area contributed by atoms with Gasteiger partial charge in [-0.25, -0.2) is 0 Å². The number of carbonyl (C=O) groups is 2. The number of rotatable bonds is 9. The lowest BCUT2D eigenvalue weighted by Crippen LogP contribution is -2.33. The molecule has 0 atom stereocenters. The molecule has 8 nitrogen and oxygen atoms in total. The fourth-order valence-corrected chi connectivity index (χ4v) is 2.79. The van der Waals surface area contributed by atoms with E-state index in [4.69, 9.17) is 14.2 Å². The maximum absolute atomic E-state index is 12.5. The topological polar surface area (TPSA) is 89.1 Å². The fourth-order valence-electron chi connectivity index (χ4n) is 2.79. The summed E-state index contributed by atoms with van der Waals surface area (Å²) in [6.45, 7) is 0.514. The maximum Gasteiger partial charge on any atom is 0.251 e. The molecule has 0 saturated carbocycles. The molecule has 2 N–H and O–H groups in total. The molecule has 2 aromatic carbocycles. The number of hydrogen-bond acceptors (Lipinski definition) is 6. The zero-order valence-corrected chi connectivity index (χ0v) is 17.4. The maximum atomic E-state index is 12.5. The first kappa shape index (κ1) is 22.0. The van der Waals surface area contributed by atoms with Crippen molar-refractivity contribution < 1.29 is 23.8 Å². The molecule has 0 heterocycles. The number of ether oxygens (including phenoxy) is 3. The quantitative estimate of drug-likeness (QED) is 0.669. The molecule has 0 aliphatic heterocycles. The molecule has 2 aromatic rings. The lowest BCUT2D eigenvalue weighted by Gasteiger charge is -2.15. The van der Waals surface area contributed by atoms with Crippen molar-refractivity contribution >= 4 is 17.5 Å². The summed E-state index contributed by atoms with van der Waals surface area (Å²) in [6.07, 6.45) is 0. The molecule has 156 valence electrons. The second kappa shape index (κ2) is 10.3. The third-order valence-corrected chi connectivity index (χ3v) is 4.11. The average molecular weight is 401 g/mol. The van der Waals surface area contributed by atoms with Gasteiger partial charge in [-0.05, 0) is 37.9 Å². The molecule has 0 fully saturated rings. The molecular weight excluding hydrogens is 374 g/mol. The van der Waals surface area contributed by atoms with Crippen molar-refractivity contribution in [3.8, 4) is 17.2 Å². The Balaban J connectivity index is 2.05. The summed E-state index contributed by atoms with van der Waals surface area (Å²) >= 11 is 0. The van der Waals surface area contributed by atoms with E-state index in [1.807, 2.05) is 43.3 Å². The molecule has 8 heteroatoms. The van der Waals surface area contributed by atoms with Crippen LogP contribution in [0.15, 0.2) is 36.4 Å². The van der Waals surface area contributed by atoms with Crippen molar-refractivity contribution in [1.29, 1.82) is 0 Å². The highest BCUT2D eigenvalue weighted by Crippen LogP contribution is 2.38. The molecule has 2 amide bonds. The van der Waals surface area contributed by atoms with Gasteiger partial charge in [0.15, 0.2) is 11.5 Å². The number of methoxy groups -OCH3 is 3. The highest BCUT2D eigenvalue weighted by atomic mass is 16.5. The number of hydrogen-bond donors (Lipinski definition) is 2. The number of benzene rings is 2. The van der Waals surface area contributed by atoms with E-state index >= 15 is 0 Å². The van der Waals surface area contributed by atoms with Crippen LogP contribution >= 0.6 is 0 Å². The first-order valence-corrected chi connectivity index (χ1v) is 9.00. The Morgan fingerprint density at radius 2 is 1.59 bits per heavy atom. The summed E-state index contributed by atoms with van der Waals surface area (Å²) in [6, 6.07) is 10.6. The van der Waals surface area contributed by atoms with Gasteiger partial charge in [0.1, 0.15) is 0 Å². The Morgan fingerprint density at radius 1 is 0.966 bits per heavy atom. The van der Waals surface area contributed by atoms with Crippen LogP contribution in [0.4, 0.5) is 5.69 Å². The molecule has 0 unspecified atom stereocenters. The summed E-state index contributed by atoms with van der Waals surface area (Å²) in [5.41, 5.74) is 2.00. The Labute approximate surface area is 170 Å². The van der Waals surface area contributed by atoms with Gasteiger partial charge < -0.3 is 29.7 Å². The van der Waals surface area contributed by atoms with E-state index in [-0.39, 0.29) is 12.5 Å². The zero-order valence-electron chi connectivity index (χ0n) is 17.4. The van der Waals surface area contributed by atoms with E-state index in [0.717, 1.165) is 5.56 Å². The van der Waals surface area contributed by atoms with Crippen LogP contribution < -0.4 is 24.8 Å². The van der Waals surface area contributed by atoms with Crippen LogP contribution in [0.1, 0.15) is 15.9 Å². The molecule has 0 aromatic heterocycles. The standard InChI is InChI=1S/C21H27N3O5/c1-24(2)13-14-8-6-7-9-16(14)23-19(25)12-22-21(26)15-10-17(27-3)20(29-5)18(11-15)28-4/h6-11H,12-13H2,1-5H3,(H,22,26)(H,23,25). The van der Waals surface area contributed by atoms with Crippen LogP contribution in [-0.2, 0) is 11.3 Å². The minimum Gasteiger partial charge on any atom is -0.493 e. The molecule has 0 bridgehead atoms. The van der Waals surface area contributed by atoms with Crippen LogP contribution in [0, 0.1) is 0 Å².